The summed E-state index contributed by atoms with van der Waals surface area (Å²) in [6, 6.07) is 48.4. The predicted octanol–water partition coefficient (Wildman–Crippen LogP) is 14.9. The maximum atomic E-state index is 9.08. The molecule has 0 aliphatic rings. The fraction of sp³-hybridized carbons (Fsp3) is 0.455. The van der Waals surface area contributed by atoms with E-state index in [9.17, 15) is 0 Å². The molecule has 0 saturated heterocycles. The van der Waals surface area contributed by atoms with Gasteiger partial charge in [0.25, 0.3) is 0 Å². The number of aliphatic hydroxyl groups is 6. The molecule has 72 heavy (non-hydrogen) atoms. The van der Waals surface area contributed by atoms with Crippen LogP contribution in [-0.4, -0.2) is 30.6 Å². The van der Waals surface area contributed by atoms with Crippen LogP contribution in [0.25, 0.3) is 0 Å². The van der Waals surface area contributed by atoms with Crippen molar-refractivity contribution in [3.63, 3.8) is 0 Å². The van der Waals surface area contributed by atoms with Crippen LogP contribution in [0.3, 0.4) is 0 Å². The van der Waals surface area contributed by atoms with E-state index in [2.05, 4.69) is 185 Å². The van der Waals surface area contributed by atoms with E-state index in [4.69, 9.17) is 30.6 Å². The molecule has 6 aromatic rings. The summed E-state index contributed by atoms with van der Waals surface area (Å²) in [4.78, 5) is 0. The number of benzene rings is 6. The lowest BCUT2D eigenvalue weighted by Crippen LogP contribution is -2.13. The van der Waals surface area contributed by atoms with E-state index < -0.39 is 0 Å². The van der Waals surface area contributed by atoms with Gasteiger partial charge in [-0.1, -0.05) is 270 Å². The van der Waals surface area contributed by atoms with Crippen molar-refractivity contribution in [2.24, 2.45) is 0 Å². The van der Waals surface area contributed by atoms with Crippen LogP contribution < -0.4 is 0 Å². The Labute approximate surface area is 437 Å². The number of hydrogen-bond donors (Lipinski definition) is 6. The second-order valence-corrected chi connectivity index (χ2v) is 24.6. The molecular weight excluding hydrogens is 889 g/mol. The van der Waals surface area contributed by atoms with Crippen molar-refractivity contribution in [2.45, 2.75) is 197 Å². The van der Waals surface area contributed by atoms with Gasteiger partial charge in [-0.05, 0) is 99.3 Å². The predicted molar refractivity (Wildman–Crippen MR) is 306 cm³/mol. The molecule has 0 atom stereocenters. The molecule has 0 saturated carbocycles. The van der Waals surface area contributed by atoms with Gasteiger partial charge in [0, 0.05) is 0 Å². The lowest BCUT2D eigenvalue weighted by atomic mass is 9.84. The van der Waals surface area contributed by atoms with Gasteiger partial charge >= 0.3 is 0 Å². The van der Waals surface area contributed by atoms with E-state index in [0.29, 0.717) is 0 Å². The molecular formula is C66H96O6. The van der Waals surface area contributed by atoms with Gasteiger partial charge in [-0.2, -0.15) is 0 Å². The Morgan fingerprint density at radius 2 is 0.500 bits per heavy atom. The van der Waals surface area contributed by atoms with Crippen molar-refractivity contribution < 1.29 is 30.6 Å². The number of aliphatic hydroxyl groups excluding tert-OH is 6. The third-order valence-corrected chi connectivity index (χ3v) is 11.9. The second-order valence-electron chi connectivity index (χ2n) is 24.6. The SMILES string of the molecule is CC(C)(C)c1ccc(CO)cc1.CC(C)(C)c1ccc(CO)cc1.CC(C)(C)c1cccc(CO)c1.CC(C)(C)c1cccc(CO)c1.CC(C)(C)c1ccccc1CO.CC(C)(C)c1ccccc1CO. The van der Waals surface area contributed by atoms with Gasteiger partial charge < -0.3 is 30.6 Å². The summed E-state index contributed by atoms with van der Waals surface area (Å²) in [5.41, 5.74) is 14.6. The normalized spacial score (nSPS) is 11.7. The van der Waals surface area contributed by atoms with Crippen LogP contribution in [0, 0.1) is 0 Å². The zero-order chi connectivity index (χ0) is 55.1. The van der Waals surface area contributed by atoms with Crippen LogP contribution >= 0.6 is 0 Å². The first-order chi connectivity index (χ1) is 33.3. The molecule has 0 aliphatic heterocycles. The first-order valence-electron chi connectivity index (χ1n) is 25.5. The topological polar surface area (TPSA) is 121 Å². The van der Waals surface area contributed by atoms with Gasteiger partial charge in [0.15, 0.2) is 0 Å². The summed E-state index contributed by atoms with van der Waals surface area (Å²) in [6.45, 7) is 39.8. The summed E-state index contributed by atoms with van der Waals surface area (Å²) in [6.07, 6.45) is 0. The minimum Gasteiger partial charge on any atom is -0.392 e. The molecule has 0 unspecified atom stereocenters. The Bertz CT molecular complexity index is 2230. The van der Waals surface area contributed by atoms with Gasteiger partial charge in [-0.25, -0.2) is 0 Å². The molecule has 0 radical (unpaired) electrons. The highest BCUT2D eigenvalue weighted by Crippen LogP contribution is 2.28. The Balaban J connectivity index is 0.000000432. The van der Waals surface area contributed by atoms with E-state index in [1.54, 1.807) is 0 Å². The summed E-state index contributed by atoms with van der Waals surface area (Å²) < 4.78 is 0. The molecule has 0 spiro atoms. The first-order valence-corrected chi connectivity index (χ1v) is 25.5. The molecule has 0 bridgehead atoms. The Morgan fingerprint density at radius 3 is 0.708 bits per heavy atom. The van der Waals surface area contributed by atoms with Crippen molar-refractivity contribution in [1.82, 2.24) is 0 Å². The minimum atomic E-state index is 0.124. The van der Waals surface area contributed by atoms with Gasteiger partial charge in [0.05, 0.1) is 39.6 Å². The van der Waals surface area contributed by atoms with Gasteiger partial charge in [-0.15, -0.1) is 0 Å². The highest BCUT2D eigenvalue weighted by atomic mass is 16.3. The smallest absolute Gasteiger partial charge is 0.0684 e. The number of hydrogen-bond acceptors (Lipinski definition) is 6. The largest absolute Gasteiger partial charge is 0.392 e. The van der Waals surface area contributed by atoms with Crippen LogP contribution in [0.2, 0.25) is 0 Å². The molecule has 6 rings (SSSR count). The van der Waals surface area contributed by atoms with Crippen LogP contribution in [0.5, 0.6) is 0 Å². The molecule has 6 aromatic carbocycles. The van der Waals surface area contributed by atoms with Crippen molar-refractivity contribution in [2.75, 3.05) is 0 Å². The molecule has 0 fully saturated rings. The van der Waals surface area contributed by atoms with E-state index >= 15 is 0 Å². The molecule has 0 amide bonds. The highest BCUT2D eigenvalue weighted by Gasteiger charge is 2.18. The third kappa shape index (κ3) is 24.2. The maximum Gasteiger partial charge on any atom is 0.0684 e. The second kappa shape index (κ2) is 29.7. The molecule has 0 heterocycles. The summed E-state index contributed by atoms with van der Waals surface area (Å²) in [5.74, 6) is 0. The average molecular weight is 985 g/mol. The Morgan fingerprint density at radius 1 is 0.236 bits per heavy atom. The minimum absolute atomic E-state index is 0.124. The molecule has 396 valence electrons. The van der Waals surface area contributed by atoms with Crippen molar-refractivity contribution in [3.8, 4) is 0 Å². The van der Waals surface area contributed by atoms with Crippen molar-refractivity contribution in [1.29, 1.82) is 0 Å². The summed E-state index contributed by atoms with van der Waals surface area (Å²) >= 11 is 0. The molecule has 6 heteroatoms. The van der Waals surface area contributed by atoms with E-state index in [1.807, 2.05) is 84.9 Å². The third-order valence-electron chi connectivity index (χ3n) is 11.9. The van der Waals surface area contributed by atoms with Gasteiger partial charge in [0.1, 0.15) is 0 Å². The summed E-state index contributed by atoms with van der Waals surface area (Å²) in [7, 11) is 0. The zero-order valence-corrected chi connectivity index (χ0v) is 47.8. The maximum absolute atomic E-state index is 9.08. The first kappa shape index (κ1) is 65.1. The van der Waals surface area contributed by atoms with Gasteiger partial charge in [0.2, 0.25) is 0 Å². The zero-order valence-electron chi connectivity index (χ0n) is 47.8. The monoisotopic (exact) mass is 985 g/mol. The van der Waals surface area contributed by atoms with E-state index in [1.165, 1.54) is 33.4 Å². The molecule has 6 N–H and O–H groups in total. The lowest BCUT2D eigenvalue weighted by Gasteiger charge is -2.21. The average Bonchev–Trinajstić information content (AvgIpc) is 3.33. The standard InChI is InChI=1S/6C11H16O/c2*1-11(2,3)10-6-4-9(8-12)5-7-10;2*1-11(2,3)10-6-4-5-9(7-10)8-12;2*1-11(2,3)10-7-5-4-6-9(10)8-12/h6*4-7,12H,8H2,1-3H3. The van der Waals surface area contributed by atoms with Gasteiger partial charge in [-0.3, -0.25) is 0 Å². The summed E-state index contributed by atoms with van der Waals surface area (Å²) in [5, 5.41) is 53.7. The quantitative estimate of drug-likeness (QED) is 0.0989. The number of rotatable bonds is 6. The Kier molecular flexibility index (Phi) is 26.8. The van der Waals surface area contributed by atoms with Crippen LogP contribution in [0.15, 0.2) is 146 Å². The van der Waals surface area contributed by atoms with E-state index in [-0.39, 0.29) is 72.1 Å². The van der Waals surface area contributed by atoms with Crippen LogP contribution in [0.4, 0.5) is 0 Å². The molecule has 6 nitrogen and oxygen atoms in total. The molecule has 0 aromatic heterocycles. The fourth-order valence-electron chi connectivity index (χ4n) is 7.27. The highest BCUT2D eigenvalue weighted by molar-refractivity contribution is 5.34. The van der Waals surface area contributed by atoms with E-state index in [0.717, 1.165) is 33.4 Å². The Hall–Kier alpha value is -4.92. The fourth-order valence-corrected chi connectivity index (χ4v) is 7.27. The van der Waals surface area contributed by atoms with Crippen molar-refractivity contribution in [3.05, 3.63) is 212 Å². The molecule has 0 aliphatic carbocycles. The van der Waals surface area contributed by atoms with Crippen molar-refractivity contribution >= 4 is 0 Å². The van der Waals surface area contributed by atoms with Crippen LogP contribution in [-0.2, 0) is 72.1 Å². The lowest BCUT2D eigenvalue weighted by molar-refractivity contribution is 0.278. The van der Waals surface area contributed by atoms with Crippen LogP contribution in [0.1, 0.15) is 191 Å².